The number of carbonyl (C=O) groups is 3. The summed E-state index contributed by atoms with van der Waals surface area (Å²) in [6.07, 6.45) is -0.0690. The van der Waals surface area contributed by atoms with Gasteiger partial charge in [0.1, 0.15) is 12.1 Å². The van der Waals surface area contributed by atoms with Crippen molar-refractivity contribution in [3.63, 3.8) is 0 Å². The van der Waals surface area contributed by atoms with Gasteiger partial charge in [-0.05, 0) is 13.3 Å². The molecule has 112 valence electrons. The highest BCUT2D eigenvalue weighted by Crippen LogP contribution is 1.98. The summed E-state index contributed by atoms with van der Waals surface area (Å²) in [6, 6.07) is -1.92. The molecule has 4 N–H and O–H groups in total. The first-order valence-electron chi connectivity index (χ1n) is 5.47. The number of ether oxygens (including phenoxy) is 1. The smallest absolute Gasteiger partial charge is 0.329 e. The van der Waals surface area contributed by atoms with Gasteiger partial charge in [-0.3, -0.25) is 9.59 Å². The lowest BCUT2D eigenvalue weighted by Gasteiger charge is -2.15. The first kappa shape index (κ1) is 20.3. The third-order valence-electron chi connectivity index (χ3n) is 2.09. The van der Waals surface area contributed by atoms with Crippen LogP contribution in [-0.2, 0) is 19.1 Å². The molecule has 0 heterocycles. The van der Waals surface area contributed by atoms with E-state index in [2.05, 4.69) is 17.9 Å². The Kier molecular flexibility index (Phi) is 11.7. The van der Waals surface area contributed by atoms with Crippen LogP contribution >= 0.6 is 25.0 Å². The Morgan fingerprint density at radius 1 is 1.42 bits per heavy atom. The SMILES string of the molecule is CCOC(=O)[C@H](CS)NC(=O)CC[C@H](N)C(=O)O.Cl. The van der Waals surface area contributed by atoms with E-state index in [0.29, 0.717) is 0 Å². The summed E-state index contributed by atoms with van der Waals surface area (Å²) >= 11 is 3.93. The number of nitrogens with two attached hydrogens (primary N) is 1. The van der Waals surface area contributed by atoms with Crippen molar-refractivity contribution in [3.05, 3.63) is 0 Å². The van der Waals surface area contributed by atoms with E-state index in [4.69, 9.17) is 15.6 Å². The number of hydrogen-bond donors (Lipinski definition) is 4. The highest BCUT2D eigenvalue weighted by atomic mass is 35.5. The molecule has 0 aromatic heterocycles. The zero-order valence-corrected chi connectivity index (χ0v) is 12.2. The Bertz CT molecular complexity index is 316. The normalized spacial score (nSPS) is 12.8. The Morgan fingerprint density at radius 2 is 2.00 bits per heavy atom. The number of thiol groups is 1. The second-order valence-electron chi connectivity index (χ2n) is 3.54. The van der Waals surface area contributed by atoms with Gasteiger partial charge in [-0.2, -0.15) is 12.6 Å². The van der Waals surface area contributed by atoms with Crippen LogP contribution < -0.4 is 11.1 Å². The average molecular weight is 315 g/mol. The maximum Gasteiger partial charge on any atom is 0.329 e. The molecule has 0 aliphatic rings. The first-order chi connectivity index (χ1) is 8.42. The number of nitrogens with one attached hydrogen (secondary N) is 1. The number of amides is 1. The van der Waals surface area contributed by atoms with Crippen molar-refractivity contribution in [2.45, 2.75) is 31.8 Å². The minimum Gasteiger partial charge on any atom is -0.480 e. The maximum absolute atomic E-state index is 11.4. The van der Waals surface area contributed by atoms with Gasteiger partial charge in [0.05, 0.1) is 6.61 Å². The van der Waals surface area contributed by atoms with Crippen molar-refractivity contribution in [3.8, 4) is 0 Å². The third-order valence-corrected chi connectivity index (χ3v) is 2.45. The van der Waals surface area contributed by atoms with Crippen LogP contribution in [0.5, 0.6) is 0 Å². The zero-order chi connectivity index (χ0) is 14.1. The van der Waals surface area contributed by atoms with Crippen LogP contribution in [0.1, 0.15) is 19.8 Å². The van der Waals surface area contributed by atoms with Crippen LogP contribution in [0.2, 0.25) is 0 Å². The summed E-state index contributed by atoms with van der Waals surface area (Å²) in [4.78, 5) is 33.2. The van der Waals surface area contributed by atoms with Gasteiger partial charge in [0.2, 0.25) is 5.91 Å². The number of esters is 1. The standard InChI is InChI=1S/C10H18N2O5S.ClH/c1-2-17-10(16)7(5-18)12-8(13)4-3-6(11)9(14)15;/h6-7,18H,2-5,11H2,1H3,(H,12,13)(H,14,15);1H/t6-,7-;/m0./s1. The van der Waals surface area contributed by atoms with E-state index in [1.165, 1.54) is 0 Å². The lowest BCUT2D eigenvalue weighted by atomic mass is 10.1. The molecule has 0 radical (unpaired) electrons. The number of rotatable bonds is 8. The predicted molar refractivity (Wildman–Crippen MR) is 74.5 cm³/mol. The molecule has 7 nitrogen and oxygen atoms in total. The predicted octanol–water partition coefficient (Wildman–Crippen LogP) is -0.422. The minimum absolute atomic E-state index is 0. The molecule has 0 aromatic rings. The lowest BCUT2D eigenvalue weighted by Crippen LogP contribution is -2.43. The third kappa shape index (κ3) is 8.68. The summed E-state index contributed by atoms with van der Waals surface area (Å²) in [5.41, 5.74) is 5.25. The molecule has 0 aliphatic heterocycles. The number of halogens is 1. The Balaban J connectivity index is 0. The number of carboxylic acid groups (broad SMARTS) is 1. The molecular weight excluding hydrogens is 296 g/mol. The van der Waals surface area contributed by atoms with Gasteiger partial charge >= 0.3 is 11.9 Å². The van der Waals surface area contributed by atoms with E-state index >= 15 is 0 Å². The molecule has 9 heteroatoms. The molecule has 0 bridgehead atoms. The lowest BCUT2D eigenvalue weighted by molar-refractivity contribution is -0.146. The van der Waals surface area contributed by atoms with E-state index in [9.17, 15) is 14.4 Å². The number of carboxylic acids is 1. The van der Waals surface area contributed by atoms with Crippen molar-refractivity contribution in [1.82, 2.24) is 5.32 Å². The highest BCUT2D eigenvalue weighted by molar-refractivity contribution is 7.80. The largest absolute Gasteiger partial charge is 0.480 e. The van der Waals surface area contributed by atoms with Gasteiger partial charge in [0.15, 0.2) is 0 Å². The number of aliphatic carboxylic acids is 1. The van der Waals surface area contributed by atoms with Gasteiger partial charge in [-0.15, -0.1) is 12.4 Å². The van der Waals surface area contributed by atoms with Crippen LogP contribution in [0, 0.1) is 0 Å². The van der Waals surface area contributed by atoms with Gasteiger partial charge in [0.25, 0.3) is 0 Å². The molecule has 0 unspecified atom stereocenters. The van der Waals surface area contributed by atoms with E-state index in [-0.39, 0.29) is 37.6 Å². The quantitative estimate of drug-likeness (QED) is 0.357. The Hall–Kier alpha value is -0.990. The van der Waals surface area contributed by atoms with Crippen molar-refractivity contribution in [1.29, 1.82) is 0 Å². The molecule has 0 spiro atoms. The van der Waals surface area contributed by atoms with E-state index in [1.807, 2.05) is 0 Å². The monoisotopic (exact) mass is 314 g/mol. The zero-order valence-electron chi connectivity index (χ0n) is 10.5. The van der Waals surface area contributed by atoms with Crippen LogP contribution in [0.25, 0.3) is 0 Å². The van der Waals surface area contributed by atoms with Crippen molar-refractivity contribution >= 4 is 42.9 Å². The van der Waals surface area contributed by atoms with E-state index in [0.717, 1.165) is 0 Å². The topological polar surface area (TPSA) is 119 Å². The second-order valence-corrected chi connectivity index (χ2v) is 3.90. The van der Waals surface area contributed by atoms with Gasteiger partial charge < -0.3 is 20.9 Å². The minimum atomic E-state index is -1.17. The Morgan fingerprint density at radius 3 is 2.42 bits per heavy atom. The second kappa shape index (κ2) is 10.9. The summed E-state index contributed by atoms with van der Waals surface area (Å²) in [5, 5.41) is 10.9. The maximum atomic E-state index is 11.4. The Labute approximate surface area is 123 Å². The van der Waals surface area contributed by atoms with Crippen LogP contribution in [0.3, 0.4) is 0 Å². The first-order valence-corrected chi connectivity index (χ1v) is 6.10. The molecular formula is C10H19ClN2O5S. The van der Waals surface area contributed by atoms with E-state index in [1.54, 1.807) is 6.92 Å². The van der Waals surface area contributed by atoms with Crippen molar-refractivity contribution < 1.29 is 24.2 Å². The molecule has 2 atom stereocenters. The highest BCUT2D eigenvalue weighted by Gasteiger charge is 2.21. The van der Waals surface area contributed by atoms with Crippen LogP contribution in [-0.4, -0.2) is 47.4 Å². The number of hydrogen-bond acceptors (Lipinski definition) is 6. The summed E-state index contributed by atoms with van der Waals surface area (Å²) in [7, 11) is 0. The summed E-state index contributed by atoms with van der Waals surface area (Å²) in [6.45, 7) is 1.87. The van der Waals surface area contributed by atoms with Gasteiger partial charge in [-0.25, -0.2) is 4.79 Å². The van der Waals surface area contributed by atoms with Gasteiger partial charge in [-0.1, -0.05) is 0 Å². The molecule has 19 heavy (non-hydrogen) atoms. The molecule has 0 fully saturated rings. The molecule has 0 aliphatic carbocycles. The van der Waals surface area contributed by atoms with E-state index < -0.39 is 29.9 Å². The van der Waals surface area contributed by atoms with Crippen LogP contribution in [0.4, 0.5) is 0 Å². The molecule has 0 saturated heterocycles. The molecule has 0 saturated carbocycles. The van der Waals surface area contributed by atoms with Crippen LogP contribution in [0.15, 0.2) is 0 Å². The number of carbonyl (C=O) groups excluding carboxylic acids is 2. The molecule has 0 aromatic carbocycles. The summed E-state index contributed by atoms with van der Waals surface area (Å²) < 4.78 is 4.74. The molecule has 0 rings (SSSR count). The average Bonchev–Trinajstić information content (AvgIpc) is 2.32. The van der Waals surface area contributed by atoms with Gasteiger partial charge in [0, 0.05) is 12.2 Å². The fourth-order valence-corrected chi connectivity index (χ4v) is 1.34. The van der Waals surface area contributed by atoms with Crippen molar-refractivity contribution in [2.75, 3.05) is 12.4 Å². The summed E-state index contributed by atoms with van der Waals surface area (Å²) in [5.74, 6) is -2.09. The van der Waals surface area contributed by atoms with Crippen molar-refractivity contribution in [2.24, 2.45) is 5.73 Å². The fourth-order valence-electron chi connectivity index (χ4n) is 1.10. The fraction of sp³-hybridized carbons (Fsp3) is 0.700. The molecule has 1 amide bonds.